The minimum absolute atomic E-state index is 0.215. The van der Waals surface area contributed by atoms with Crippen LogP contribution >= 0.6 is 27.7 Å². The van der Waals surface area contributed by atoms with Gasteiger partial charge in [0.05, 0.1) is 17.5 Å². The molecule has 0 radical (unpaired) electrons. The molecule has 0 fully saturated rings. The first-order chi connectivity index (χ1) is 14.5. The molecular formula is C20H18BrN5O3S. The van der Waals surface area contributed by atoms with Crippen LogP contribution in [0.4, 0.5) is 5.88 Å². The largest absolute Gasteiger partial charge is 0.446 e. The Morgan fingerprint density at radius 2 is 2.03 bits per heavy atom. The average molecular weight is 488 g/mol. The average Bonchev–Trinajstić information content (AvgIpc) is 3.44. The van der Waals surface area contributed by atoms with E-state index in [0.29, 0.717) is 39.5 Å². The zero-order valence-corrected chi connectivity index (χ0v) is 18.6. The van der Waals surface area contributed by atoms with Crippen molar-refractivity contribution in [1.82, 2.24) is 19.9 Å². The first kappa shape index (κ1) is 20.4. The summed E-state index contributed by atoms with van der Waals surface area (Å²) in [7, 11) is 0. The Kier molecular flexibility index (Phi) is 6.05. The molecule has 1 N–H and O–H groups in total. The van der Waals surface area contributed by atoms with Crippen LogP contribution in [0.25, 0.3) is 11.6 Å². The van der Waals surface area contributed by atoms with Crippen molar-refractivity contribution in [2.75, 3.05) is 5.32 Å². The van der Waals surface area contributed by atoms with E-state index in [1.807, 2.05) is 41.0 Å². The van der Waals surface area contributed by atoms with Crippen molar-refractivity contribution in [3.05, 3.63) is 64.5 Å². The number of halogens is 1. The van der Waals surface area contributed by atoms with Gasteiger partial charge in [0.15, 0.2) is 15.6 Å². The van der Waals surface area contributed by atoms with Gasteiger partial charge in [-0.05, 0) is 47.5 Å². The normalized spacial score (nSPS) is 12.1. The molecule has 30 heavy (non-hydrogen) atoms. The van der Waals surface area contributed by atoms with Gasteiger partial charge in [-0.15, -0.1) is 10.2 Å². The van der Waals surface area contributed by atoms with E-state index in [4.69, 9.17) is 8.94 Å². The summed E-state index contributed by atoms with van der Waals surface area (Å²) < 4.78 is 13.3. The summed E-state index contributed by atoms with van der Waals surface area (Å²) in [6, 6.07) is 15.3. The lowest BCUT2D eigenvalue weighted by Crippen LogP contribution is -2.22. The molecule has 154 valence electrons. The van der Waals surface area contributed by atoms with E-state index in [-0.39, 0.29) is 5.91 Å². The number of furan rings is 1. The molecule has 1 aromatic carbocycles. The zero-order valence-electron chi connectivity index (χ0n) is 16.2. The van der Waals surface area contributed by atoms with E-state index in [0.717, 1.165) is 5.56 Å². The quantitative estimate of drug-likeness (QED) is 0.375. The lowest BCUT2D eigenvalue weighted by atomic mass is 10.2. The summed E-state index contributed by atoms with van der Waals surface area (Å²) in [5.74, 6) is 1.28. The number of aromatic nitrogens is 4. The third-order valence-electron chi connectivity index (χ3n) is 4.22. The van der Waals surface area contributed by atoms with Gasteiger partial charge in [-0.2, -0.15) is 0 Å². The molecule has 0 saturated carbocycles. The minimum Gasteiger partial charge on any atom is -0.446 e. The van der Waals surface area contributed by atoms with Gasteiger partial charge in [-0.25, -0.2) is 0 Å². The van der Waals surface area contributed by atoms with Crippen molar-refractivity contribution in [2.45, 2.75) is 30.8 Å². The maximum absolute atomic E-state index is 12.6. The van der Waals surface area contributed by atoms with Gasteiger partial charge in [-0.1, -0.05) is 47.3 Å². The van der Waals surface area contributed by atoms with E-state index in [2.05, 4.69) is 36.6 Å². The van der Waals surface area contributed by atoms with Crippen molar-refractivity contribution in [1.29, 1.82) is 0 Å². The maximum Gasteiger partial charge on any atom is 0.240 e. The highest BCUT2D eigenvalue weighted by molar-refractivity contribution is 9.10. The first-order valence-corrected chi connectivity index (χ1v) is 10.8. The highest BCUT2D eigenvalue weighted by Crippen LogP contribution is 2.30. The fourth-order valence-electron chi connectivity index (χ4n) is 2.76. The summed E-state index contributed by atoms with van der Waals surface area (Å²) in [6.45, 7) is 4.13. The van der Waals surface area contributed by atoms with Crippen molar-refractivity contribution in [2.24, 2.45) is 0 Å². The molecule has 1 unspecified atom stereocenters. The maximum atomic E-state index is 12.6. The second-order valence-corrected chi connectivity index (χ2v) is 8.65. The predicted octanol–water partition coefficient (Wildman–Crippen LogP) is 4.76. The van der Waals surface area contributed by atoms with Gasteiger partial charge < -0.3 is 8.94 Å². The smallest absolute Gasteiger partial charge is 0.240 e. The van der Waals surface area contributed by atoms with Gasteiger partial charge in [0.2, 0.25) is 17.6 Å². The van der Waals surface area contributed by atoms with Crippen LogP contribution in [0.3, 0.4) is 0 Å². The lowest BCUT2D eigenvalue weighted by Gasteiger charge is -2.12. The zero-order chi connectivity index (χ0) is 21.1. The number of aryl methyl sites for hydroxylation is 1. The van der Waals surface area contributed by atoms with Crippen molar-refractivity contribution in [3.63, 3.8) is 0 Å². The second-order valence-electron chi connectivity index (χ2n) is 6.56. The third kappa shape index (κ3) is 4.65. The Bertz CT molecular complexity index is 1150. The molecule has 1 atom stereocenters. The fourth-order valence-corrected chi connectivity index (χ4v) is 3.91. The lowest BCUT2D eigenvalue weighted by molar-refractivity contribution is -0.115. The third-order valence-corrected chi connectivity index (χ3v) is 5.73. The molecule has 10 heteroatoms. The van der Waals surface area contributed by atoms with Crippen LogP contribution in [0.5, 0.6) is 0 Å². The van der Waals surface area contributed by atoms with E-state index in [1.54, 1.807) is 26.0 Å². The number of rotatable bonds is 7. The molecule has 0 spiro atoms. The Hall–Kier alpha value is -2.85. The number of carbonyl (C=O) groups is 1. The van der Waals surface area contributed by atoms with E-state index in [1.165, 1.54) is 11.8 Å². The molecule has 0 aliphatic carbocycles. The van der Waals surface area contributed by atoms with Crippen LogP contribution in [0.15, 0.2) is 67.3 Å². The van der Waals surface area contributed by atoms with Gasteiger partial charge in [0.25, 0.3) is 0 Å². The summed E-state index contributed by atoms with van der Waals surface area (Å²) in [5.41, 5.74) is 1.78. The van der Waals surface area contributed by atoms with Gasteiger partial charge in [0.1, 0.15) is 0 Å². The van der Waals surface area contributed by atoms with Crippen molar-refractivity contribution < 1.29 is 13.7 Å². The number of thioether (sulfide) groups is 1. The topological polar surface area (TPSA) is 99.0 Å². The number of benzene rings is 1. The SMILES string of the molecule is Cc1cc(NC(=O)C(C)Sc2nnc(-c3ccc(Br)o3)n2Cc2ccccc2)on1. The molecule has 8 nitrogen and oxygen atoms in total. The fraction of sp³-hybridized carbons (Fsp3) is 0.200. The molecular weight excluding hydrogens is 470 g/mol. The van der Waals surface area contributed by atoms with E-state index >= 15 is 0 Å². The van der Waals surface area contributed by atoms with Crippen molar-refractivity contribution >= 4 is 39.5 Å². The minimum atomic E-state index is -0.440. The van der Waals surface area contributed by atoms with Gasteiger partial charge >= 0.3 is 0 Å². The highest BCUT2D eigenvalue weighted by atomic mass is 79.9. The number of hydrogen-bond donors (Lipinski definition) is 1. The Balaban J connectivity index is 1.58. The molecule has 0 bridgehead atoms. The molecule has 0 saturated heterocycles. The highest BCUT2D eigenvalue weighted by Gasteiger charge is 2.23. The standard InChI is InChI=1S/C20H18BrN5O3S/c1-12-10-17(29-25-12)22-19(27)13(2)30-20-24-23-18(15-8-9-16(21)28-15)26(20)11-14-6-4-3-5-7-14/h3-10,13H,11H2,1-2H3,(H,22,27). The van der Waals surface area contributed by atoms with Crippen LogP contribution in [-0.4, -0.2) is 31.1 Å². The molecule has 3 aromatic heterocycles. The number of anilines is 1. The molecule has 4 aromatic rings. The number of amides is 1. The monoisotopic (exact) mass is 487 g/mol. The number of nitrogens with one attached hydrogen (secondary N) is 1. The Morgan fingerprint density at radius 1 is 1.23 bits per heavy atom. The predicted molar refractivity (Wildman–Crippen MR) is 116 cm³/mol. The van der Waals surface area contributed by atoms with Gasteiger partial charge in [-0.3, -0.25) is 14.7 Å². The number of carbonyl (C=O) groups excluding carboxylic acids is 1. The van der Waals surface area contributed by atoms with Crippen LogP contribution < -0.4 is 5.32 Å². The molecule has 3 heterocycles. The summed E-state index contributed by atoms with van der Waals surface area (Å²) in [6.07, 6.45) is 0. The number of hydrogen-bond acceptors (Lipinski definition) is 7. The number of nitrogens with zero attached hydrogens (tertiary/aromatic N) is 4. The summed E-state index contributed by atoms with van der Waals surface area (Å²) in [5, 5.41) is 15.3. The second kappa shape index (κ2) is 8.88. The van der Waals surface area contributed by atoms with Gasteiger partial charge in [0, 0.05) is 6.07 Å². The van der Waals surface area contributed by atoms with Crippen LogP contribution in [0.1, 0.15) is 18.2 Å². The molecule has 0 aliphatic heterocycles. The van der Waals surface area contributed by atoms with Crippen LogP contribution in [-0.2, 0) is 11.3 Å². The molecule has 0 aliphatic rings. The molecule has 4 rings (SSSR count). The Labute approximate surface area is 185 Å². The van der Waals surface area contributed by atoms with Crippen LogP contribution in [0, 0.1) is 6.92 Å². The van der Waals surface area contributed by atoms with Crippen molar-refractivity contribution in [3.8, 4) is 11.6 Å². The summed E-state index contributed by atoms with van der Waals surface area (Å²) >= 11 is 4.63. The summed E-state index contributed by atoms with van der Waals surface area (Å²) in [4.78, 5) is 12.6. The van der Waals surface area contributed by atoms with E-state index < -0.39 is 5.25 Å². The first-order valence-electron chi connectivity index (χ1n) is 9.13. The van der Waals surface area contributed by atoms with Crippen LogP contribution in [0.2, 0.25) is 0 Å². The Morgan fingerprint density at radius 3 is 2.70 bits per heavy atom. The van der Waals surface area contributed by atoms with E-state index in [9.17, 15) is 4.79 Å². The molecule has 1 amide bonds.